The summed E-state index contributed by atoms with van der Waals surface area (Å²) in [5, 5.41) is 15.2. The first-order valence-electron chi connectivity index (χ1n) is 3.74. The summed E-state index contributed by atoms with van der Waals surface area (Å²) in [7, 11) is 0. The number of nitrogens with zero attached hydrogens (tertiary/aromatic N) is 2. The fraction of sp³-hybridized carbons (Fsp3) is 0. The Morgan fingerprint density at radius 2 is 2.00 bits per heavy atom. The molecular weight excluding hydrogens is 170 g/mol. The molecule has 1 amide bonds. The van der Waals surface area contributed by atoms with Gasteiger partial charge in [-0.1, -0.05) is 28.2 Å². The van der Waals surface area contributed by atoms with Gasteiger partial charge in [0.1, 0.15) is 0 Å². The second kappa shape index (κ2) is 2.65. The molecule has 1 aromatic carbocycles. The molecule has 0 saturated heterocycles. The van der Waals surface area contributed by atoms with Crippen LogP contribution in [-0.2, 0) is 4.79 Å². The molecule has 0 bridgehead atoms. The monoisotopic (exact) mass is 177 g/mol. The zero-order valence-electron chi connectivity index (χ0n) is 6.68. The van der Waals surface area contributed by atoms with Gasteiger partial charge < -0.3 is 5.21 Å². The molecule has 66 valence electrons. The molecule has 1 atom stereocenters. The van der Waals surface area contributed by atoms with E-state index in [0.29, 0.717) is 5.69 Å². The number of carbonyl (C=O) groups is 1. The van der Waals surface area contributed by atoms with Gasteiger partial charge in [-0.15, -0.1) is 0 Å². The predicted molar refractivity (Wildman–Crippen MR) is 48.2 cm³/mol. The highest BCUT2D eigenvalue weighted by molar-refractivity contribution is 6.27. The lowest BCUT2D eigenvalue weighted by atomic mass is 10.3. The van der Waals surface area contributed by atoms with Crippen molar-refractivity contribution in [2.24, 2.45) is 5.10 Å². The fourth-order valence-corrected chi connectivity index (χ4v) is 1.10. The topological polar surface area (TPSA) is 64.5 Å². The molecule has 1 unspecified atom stereocenters. The highest BCUT2D eigenvalue weighted by Crippen LogP contribution is 2.20. The number of rotatable bonds is 1. The number of para-hydroxylation sites is 1. The van der Waals surface area contributed by atoms with Gasteiger partial charge in [0.05, 0.1) is 0 Å². The largest absolute Gasteiger partial charge is 0.573 e. The average Bonchev–Trinajstić information content (AvgIpc) is 2.49. The lowest BCUT2D eigenvalue weighted by Gasteiger charge is -2.28. The molecule has 5 heteroatoms. The molecule has 0 saturated carbocycles. The fourth-order valence-electron chi connectivity index (χ4n) is 1.10. The standard InChI is InChI=1S/C8H7N3O2/c12-8-6-9-11(13,10-8)7-4-2-1-3-5-7/h1-6H,(H,10,12). The number of hydrogen-bond donors (Lipinski definition) is 1. The van der Waals surface area contributed by atoms with E-state index in [9.17, 15) is 10.0 Å². The molecule has 0 spiro atoms. The summed E-state index contributed by atoms with van der Waals surface area (Å²) in [6.45, 7) is 0. The van der Waals surface area contributed by atoms with Crippen LogP contribution in [0.15, 0.2) is 35.4 Å². The Morgan fingerprint density at radius 1 is 1.31 bits per heavy atom. The molecule has 0 fully saturated rings. The van der Waals surface area contributed by atoms with Crippen LogP contribution in [0, 0.1) is 5.21 Å². The van der Waals surface area contributed by atoms with Crippen LogP contribution < -0.4 is 10.3 Å². The van der Waals surface area contributed by atoms with Crippen molar-refractivity contribution >= 4 is 17.8 Å². The first-order valence-corrected chi connectivity index (χ1v) is 3.74. The first-order chi connectivity index (χ1) is 6.21. The van der Waals surface area contributed by atoms with Gasteiger partial charge in [0.15, 0.2) is 11.9 Å². The van der Waals surface area contributed by atoms with Crippen LogP contribution in [-0.4, -0.2) is 12.1 Å². The lowest BCUT2D eigenvalue weighted by Crippen LogP contribution is -2.48. The molecule has 0 aromatic heterocycles. The van der Waals surface area contributed by atoms with Crippen molar-refractivity contribution in [1.29, 1.82) is 0 Å². The summed E-state index contributed by atoms with van der Waals surface area (Å²) in [6.07, 6.45) is 0.986. The van der Waals surface area contributed by atoms with E-state index in [2.05, 4.69) is 10.5 Å². The number of carbonyl (C=O) groups excluding carboxylic acids is 1. The van der Waals surface area contributed by atoms with Crippen molar-refractivity contribution in [3.63, 3.8) is 0 Å². The van der Waals surface area contributed by atoms with Crippen molar-refractivity contribution in [3.05, 3.63) is 35.5 Å². The van der Waals surface area contributed by atoms with Crippen molar-refractivity contribution in [1.82, 2.24) is 10.3 Å². The number of benzene rings is 1. The van der Waals surface area contributed by atoms with Gasteiger partial charge in [-0.3, -0.25) is 4.79 Å². The van der Waals surface area contributed by atoms with Crippen LogP contribution in [0.3, 0.4) is 0 Å². The van der Waals surface area contributed by atoms with Crippen LogP contribution in [0.25, 0.3) is 0 Å². The van der Waals surface area contributed by atoms with E-state index < -0.39 is 10.8 Å². The number of nitrogens with one attached hydrogen (secondary N) is 1. The van der Waals surface area contributed by atoms with Gasteiger partial charge >= 0.3 is 5.91 Å². The Labute approximate surface area is 74.4 Å². The van der Waals surface area contributed by atoms with Gasteiger partial charge in [0, 0.05) is 12.1 Å². The molecule has 1 aromatic rings. The van der Waals surface area contributed by atoms with Gasteiger partial charge in [-0.25, -0.2) is 0 Å². The smallest absolute Gasteiger partial charge is 0.315 e. The summed E-state index contributed by atoms with van der Waals surface area (Å²) in [4.78, 5) is 9.60. The van der Waals surface area contributed by atoms with Gasteiger partial charge in [-0.05, 0) is 0 Å². The number of quaternary nitrogens is 1. The summed E-state index contributed by atoms with van der Waals surface area (Å²) in [5.41, 5.74) is 2.55. The molecular formula is C8H7N3O2. The van der Waals surface area contributed by atoms with Crippen LogP contribution in [0.4, 0.5) is 5.69 Å². The van der Waals surface area contributed by atoms with E-state index in [1.807, 2.05) is 0 Å². The van der Waals surface area contributed by atoms with E-state index in [4.69, 9.17) is 0 Å². The highest BCUT2D eigenvalue weighted by Gasteiger charge is 2.28. The van der Waals surface area contributed by atoms with Crippen LogP contribution >= 0.6 is 0 Å². The third-order valence-electron chi connectivity index (χ3n) is 1.71. The second-order valence-electron chi connectivity index (χ2n) is 2.63. The van der Waals surface area contributed by atoms with Crippen LogP contribution in [0.5, 0.6) is 0 Å². The number of amides is 1. The Morgan fingerprint density at radius 3 is 2.54 bits per heavy atom. The Hall–Kier alpha value is -1.72. The van der Waals surface area contributed by atoms with Gasteiger partial charge in [-0.2, -0.15) is 5.43 Å². The first kappa shape index (κ1) is 7.90. The minimum Gasteiger partial charge on any atom is -0.573 e. The van der Waals surface area contributed by atoms with Crippen molar-refractivity contribution in [2.75, 3.05) is 0 Å². The minimum atomic E-state index is -1.15. The van der Waals surface area contributed by atoms with Crippen molar-refractivity contribution in [3.8, 4) is 0 Å². The molecule has 1 heterocycles. The Kier molecular flexibility index (Phi) is 1.61. The normalized spacial score (nSPS) is 26.1. The van der Waals surface area contributed by atoms with Gasteiger partial charge in [0.2, 0.25) is 0 Å². The molecule has 0 radical (unpaired) electrons. The second-order valence-corrected chi connectivity index (χ2v) is 2.63. The van der Waals surface area contributed by atoms with E-state index in [0.717, 1.165) is 6.21 Å². The zero-order chi connectivity index (χ0) is 9.31. The quantitative estimate of drug-likeness (QED) is 0.502. The lowest BCUT2D eigenvalue weighted by molar-refractivity contribution is -0.116. The summed E-state index contributed by atoms with van der Waals surface area (Å²) >= 11 is 0. The Balaban J connectivity index is 2.37. The van der Waals surface area contributed by atoms with E-state index >= 15 is 0 Å². The zero-order valence-corrected chi connectivity index (χ0v) is 6.68. The summed E-state index contributed by atoms with van der Waals surface area (Å²) < 4.78 is 0. The predicted octanol–water partition coefficient (Wildman–Crippen LogP) is 0.522. The molecule has 5 nitrogen and oxygen atoms in total. The molecule has 0 aliphatic carbocycles. The summed E-state index contributed by atoms with van der Waals surface area (Å²) in [5.74, 6) is -0.473. The Bertz CT molecular complexity index is 363. The van der Waals surface area contributed by atoms with Crippen molar-refractivity contribution < 1.29 is 4.79 Å². The van der Waals surface area contributed by atoms with E-state index in [1.165, 1.54) is 0 Å². The minimum absolute atomic E-state index is 0.379. The van der Waals surface area contributed by atoms with E-state index in [-0.39, 0.29) is 0 Å². The maximum Gasteiger partial charge on any atom is 0.315 e. The molecule has 1 aliphatic rings. The molecule has 1 aliphatic heterocycles. The molecule has 2 rings (SSSR count). The molecule has 1 N–H and O–H groups in total. The van der Waals surface area contributed by atoms with E-state index in [1.54, 1.807) is 30.3 Å². The number of hydrogen-bond acceptors (Lipinski definition) is 3. The average molecular weight is 177 g/mol. The van der Waals surface area contributed by atoms with Crippen molar-refractivity contribution in [2.45, 2.75) is 0 Å². The van der Waals surface area contributed by atoms with Gasteiger partial charge in [0.25, 0.3) is 0 Å². The summed E-state index contributed by atoms with van der Waals surface area (Å²) in [6, 6.07) is 8.43. The third kappa shape index (κ3) is 1.30. The van der Waals surface area contributed by atoms with Crippen LogP contribution in [0.1, 0.15) is 0 Å². The van der Waals surface area contributed by atoms with Crippen LogP contribution in [0.2, 0.25) is 0 Å². The third-order valence-corrected chi connectivity index (χ3v) is 1.71. The highest BCUT2D eigenvalue weighted by atomic mass is 16.6. The maximum absolute atomic E-state index is 11.7. The SMILES string of the molecule is O=C1C=N[N+]([O-])(c2ccccc2)N1. The molecule has 13 heavy (non-hydrogen) atoms. The maximum atomic E-state index is 11.7.